The third kappa shape index (κ3) is 6.07. The minimum absolute atomic E-state index is 0.112. The summed E-state index contributed by atoms with van der Waals surface area (Å²) in [7, 11) is 0. The molecule has 2 aromatic carbocycles. The molecule has 160 valence electrons. The van der Waals surface area contributed by atoms with E-state index in [2.05, 4.69) is 5.32 Å². The van der Waals surface area contributed by atoms with E-state index < -0.39 is 24.5 Å². The second-order valence-corrected chi connectivity index (χ2v) is 7.88. The molecule has 7 heteroatoms. The summed E-state index contributed by atoms with van der Waals surface area (Å²) in [6, 6.07) is 14.7. The highest BCUT2D eigenvalue weighted by Crippen LogP contribution is 2.18. The number of nitrogens with zero attached hydrogens (tertiary/aromatic N) is 1. The lowest BCUT2D eigenvalue weighted by atomic mass is 10.0. The van der Waals surface area contributed by atoms with Gasteiger partial charge in [-0.1, -0.05) is 55.8 Å². The van der Waals surface area contributed by atoms with Gasteiger partial charge >= 0.3 is 5.97 Å². The number of esters is 1. The molecule has 0 aliphatic rings. The summed E-state index contributed by atoms with van der Waals surface area (Å²) in [4.78, 5) is 39.4. The van der Waals surface area contributed by atoms with Gasteiger partial charge in [-0.05, 0) is 44.0 Å². The molecule has 0 aliphatic heterocycles. The van der Waals surface area contributed by atoms with Crippen LogP contribution in [0.3, 0.4) is 0 Å². The highest BCUT2D eigenvalue weighted by molar-refractivity contribution is 6.33. The number of para-hydroxylation sites is 1. The summed E-state index contributed by atoms with van der Waals surface area (Å²) in [5.74, 6) is -1.73. The summed E-state index contributed by atoms with van der Waals surface area (Å²) < 4.78 is 5.27. The summed E-state index contributed by atoms with van der Waals surface area (Å²) in [6.45, 7) is 6.91. The van der Waals surface area contributed by atoms with E-state index in [0.29, 0.717) is 0 Å². The second-order valence-electron chi connectivity index (χ2n) is 7.48. The molecule has 0 saturated carbocycles. The van der Waals surface area contributed by atoms with Crippen molar-refractivity contribution < 1.29 is 19.1 Å². The average molecular weight is 431 g/mol. The number of carbonyl (C=O) groups is 3. The van der Waals surface area contributed by atoms with Gasteiger partial charge in [0.15, 0.2) is 6.61 Å². The molecular weight excluding hydrogens is 404 g/mol. The molecule has 30 heavy (non-hydrogen) atoms. The van der Waals surface area contributed by atoms with Gasteiger partial charge in [-0.25, -0.2) is 4.79 Å². The van der Waals surface area contributed by atoms with E-state index in [1.165, 1.54) is 0 Å². The zero-order valence-electron chi connectivity index (χ0n) is 17.6. The predicted octanol–water partition coefficient (Wildman–Crippen LogP) is 4.08. The van der Waals surface area contributed by atoms with Crippen molar-refractivity contribution in [1.29, 1.82) is 0 Å². The van der Waals surface area contributed by atoms with E-state index >= 15 is 0 Å². The SMILES string of the molecule is CC(C)[C@H](NC(=O)c1ccccc1Cl)C(=O)OCC(=O)N(c1ccccc1)C(C)C. The molecule has 2 amide bonds. The van der Waals surface area contributed by atoms with Crippen molar-refractivity contribution in [1.82, 2.24) is 5.32 Å². The molecule has 0 saturated heterocycles. The molecule has 0 heterocycles. The van der Waals surface area contributed by atoms with Crippen LogP contribution < -0.4 is 10.2 Å². The molecule has 0 spiro atoms. The summed E-state index contributed by atoms with van der Waals surface area (Å²) in [6.07, 6.45) is 0. The number of nitrogens with one attached hydrogen (secondary N) is 1. The van der Waals surface area contributed by atoms with Crippen LogP contribution in [0.2, 0.25) is 5.02 Å². The number of benzene rings is 2. The fourth-order valence-corrected chi connectivity index (χ4v) is 3.19. The van der Waals surface area contributed by atoms with Crippen LogP contribution in [0.25, 0.3) is 0 Å². The van der Waals surface area contributed by atoms with E-state index in [1.54, 1.807) is 43.0 Å². The normalized spacial score (nSPS) is 11.8. The molecule has 0 radical (unpaired) electrons. The molecule has 6 nitrogen and oxygen atoms in total. The maximum atomic E-state index is 12.7. The minimum atomic E-state index is -0.911. The van der Waals surface area contributed by atoms with Gasteiger partial charge in [-0.2, -0.15) is 0 Å². The van der Waals surface area contributed by atoms with E-state index in [1.807, 2.05) is 44.2 Å². The Hall–Kier alpha value is -2.86. The maximum Gasteiger partial charge on any atom is 0.329 e. The molecule has 2 aromatic rings. The van der Waals surface area contributed by atoms with Crippen molar-refractivity contribution >= 4 is 35.1 Å². The van der Waals surface area contributed by atoms with E-state index in [4.69, 9.17) is 16.3 Å². The van der Waals surface area contributed by atoms with Crippen LogP contribution in [0.5, 0.6) is 0 Å². The molecule has 0 aliphatic carbocycles. The Morgan fingerprint density at radius 3 is 2.13 bits per heavy atom. The van der Waals surface area contributed by atoms with Gasteiger partial charge in [-0.3, -0.25) is 9.59 Å². The van der Waals surface area contributed by atoms with Gasteiger partial charge in [0.05, 0.1) is 10.6 Å². The zero-order chi connectivity index (χ0) is 22.3. The van der Waals surface area contributed by atoms with Gasteiger partial charge in [0, 0.05) is 11.7 Å². The van der Waals surface area contributed by atoms with Gasteiger partial charge in [0.2, 0.25) is 0 Å². The summed E-state index contributed by atoms with van der Waals surface area (Å²) in [5.41, 5.74) is 0.990. The zero-order valence-corrected chi connectivity index (χ0v) is 18.3. The lowest BCUT2D eigenvalue weighted by molar-refractivity contribution is -0.150. The molecule has 0 aromatic heterocycles. The van der Waals surface area contributed by atoms with Gasteiger partial charge in [0.1, 0.15) is 6.04 Å². The largest absolute Gasteiger partial charge is 0.454 e. The third-order valence-corrected chi connectivity index (χ3v) is 4.81. The van der Waals surface area contributed by atoms with Crippen molar-refractivity contribution in [2.45, 2.75) is 39.8 Å². The first kappa shape index (κ1) is 23.4. The van der Waals surface area contributed by atoms with Crippen LogP contribution in [0, 0.1) is 5.92 Å². The molecule has 2 rings (SSSR count). The highest BCUT2D eigenvalue weighted by Gasteiger charge is 2.28. The first-order valence-electron chi connectivity index (χ1n) is 9.81. The van der Waals surface area contributed by atoms with Crippen LogP contribution in [-0.2, 0) is 14.3 Å². The highest BCUT2D eigenvalue weighted by atomic mass is 35.5. The quantitative estimate of drug-likeness (QED) is 0.640. The van der Waals surface area contributed by atoms with Gasteiger partial charge in [0.25, 0.3) is 11.8 Å². The second kappa shape index (κ2) is 10.8. The number of anilines is 1. The Kier molecular flexibility index (Phi) is 8.42. The predicted molar refractivity (Wildman–Crippen MR) is 118 cm³/mol. The molecule has 0 unspecified atom stereocenters. The monoisotopic (exact) mass is 430 g/mol. The van der Waals surface area contributed by atoms with Crippen LogP contribution in [0.15, 0.2) is 54.6 Å². The fourth-order valence-electron chi connectivity index (χ4n) is 2.97. The Morgan fingerprint density at radius 2 is 1.57 bits per heavy atom. The van der Waals surface area contributed by atoms with E-state index in [9.17, 15) is 14.4 Å². The number of ether oxygens (including phenoxy) is 1. The van der Waals surface area contributed by atoms with Gasteiger partial charge in [-0.15, -0.1) is 0 Å². The Balaban J connectivity index is 2.05. The Labute approximate surface area is 182 Å². The maximum absolute atomic E-state index is 12.7. The van der Waals surface area contributed by atoms with Crippen LogP contribution in [0.4, 0.5) is 5.69 Å². The number of carbonyl (C=O) groups excluding carboxylic acids is 3. The Bertz CT molecular complexity index is 884. The summed E-state index contributed by atoms with van der Waals surface area (Å²) in [5, 5.41) is 2.95. The first-order chi connectivity index (χ1) is 14.2. The molecule has 0 fully saturated rings. The first-order valence-corrected chi connectivity index (χ1v) is 10.2. The van der Waals surface area contributed by atoms with E-state index in [-0.39, 0.29) is 28.5 Å². The van der Waals surface area contributed by atoms with Crippen molar-refractivity contribution in [2.24, 2.45) is 5.92 Å². The average Bonchev–Trinajstić information content (AvgIpc) is 2.70. The number of halogens is 1. The third-order valence-electron chi connectivity index (χ3n) is 4.48. The number of rotatable bonds is 8. The number of hydrogen-bond acceptors (Lipinski definition) is 4. The topological polar surface area (TPSA) is 75.7 Å². The molecule has 1 atom stereocenters. The lowest BCUT2D eigenvalue weighted by Gasteiger charge is -2.27. The smallest absolute Gasteiger partial charge is 0.329 e. The number of hydrogen-bond donors (Lipinski definition) is 1. The van der Waals surface area contributed by atoms with Crippen LogP contribution in [0.1, 0.15) is 38.1 Å². The Morgan fingerprint density at radius 1 is 0.967 bits per heavy atom. The molecule has 0 bridgehead atoms. The fraction of sp³-hybridized carbons (Fsp3) is 0.348. The van der Waals surface area contributed by atoms with Crippen LogP contribution >= 0.6 is 11.6 Å². The van der Waals surface area contributed by atoms with Gasteiger partial charge < -0.3 is 15.0 Å². The van der Waals surface area contributed by atoms with Crippen molar-refractivity contribution in [2.75, 3.05) is 11.5 Å². The van der Waals surface area contributed by atoms with Crippen molar-refractivity contribution in [3.63, 3.8) is 0 Å². The lowest BCUT2D eigenvalue weighted by Crippen LogP contribution is -2.47. The van der Waals surface area contributed by atoms with E-state index in [0.717, 1.165) is 5.69 Å². The van der Waals surface area contributed by atoms with Crippen molar-refractivity contribution in [3.8, 4) is 0 Å². The minimum Gasteiger partial charge on any atom is -0.454 e. The van der Waals surface area contributed by atoms with Crippen LogP contribution in [-0.4, -0.2) is 36.5 Å². The molecule has 1 N–H and O–H groups in total. The standard InChI is InChI=1S/C23H27ClN2O4/c1-15(2)21(25-22(28)18-12-8-9-13-19(18)24)23(29)30-14-20(27)26(16(3)4)17-10-6-5-7-11-17/h5-13,15-16,21H,14H2,1-4H3,(H,25,28)/t21-/m0/s1. The summed E-state index contributed by atoms with van der Waals surface area (Å²) >= 11 is 6.06. The molecular formula is C23H27ClN2O4. The number of amides is 2. The van der Waals surface area contributed by atoms with Crippen molar-refractivity contribution in [3.05, 3.63) is 65.2 Å².